The monoisotopic (exact) mass is 310 g/mol. The molecule has 1 aromatic rings. The Morgan fingerprint density at radius 3 is 2.28 bits per heavy atom. The van der Waals surface area contributed by atoms with Crippen LogP contribution < -0.4 is 0 Å². The average molecular weight is 311 g/mol. The summed E-state index contributed by atoms with van der Waals surface area (Å²) < 4.78 is 25.1. The minimum Gasteiger partial charge on any atom is -0.396 e. The normalized spacial score (nSPS) is 14.1. The lowest BCUT2D eigenvalue weighted by molar-refractivity contribution is 0.183. The first kappa shape index (κ1) is 16.0. The molecule has 1 N–H and O–H groups in total. The van der Waals surface area contributed by atoms with E-state index in [1.54, 1.807) is 6.07 Å². The van der Waals surface area contributed by atoms with Crippen molar-refractivity contribution < 1.29 is 13.5 Å². The van der Waals surface area contributed by atoms with Gasteiger partial charge in [-0.1, -0.05) is 38.3 Å². The fraction of sp³-hybridized carbons (Fsp3) is 0.667. The largest absolute Gasteiger partial charge is 0.396 e. The summed E-state index contributed by atoms with van der Waals surface area (Å²) in [4.78, 5) is 0. The molecule has 0 aliphatic rings. The Kier molecular flexibility index (Phi) is 6.11. The van der Waals surface area contributed by atoms with Gasteiger partial charge in [-0.15, -0.1) is 11.3 Å². The van der Waals surface area contributed by atoms with Gasteiger partial charge in [0.25, 0.3) is 0 Å². The summed E-state index contributed by atoms with van der Waals surface area (Å²) >= 11 is 6.83. The number of rotatable bonds is 7. The number of thiophene rings is 1. The molecule has 3 nitrogen and oxygen atoms in total. The van der Waals surface area contributed by atoms with Crippen LogP contribution in [0, 0.1) is 11.8 Å². The third kappa shape index (κ3) is 3.95. The van der Waals surface area contributed by atoms with E-state index in [-0.39, 0.29) is 28.4 Å². The molecule has 0 spiro atoms. The minimum absolute atomic E-state index is 0.00725. The molecule has 0 fully saturated rings. The zero-order valence-corrected chi connectivity index (χ0v) is 13.0. The zero-order valence-electron chi connectivity index (χ0n) is 10.6. The Morgan fingerprint density at radius 2 is 1.89 bits per heavy atom. The van der Waals surface area contributed by atoms with Crippen molar-refractivity contribution in [3.8, 4) is 0 Å². The molecule has 0 amide bonds. The molecule has 0 saturated heterocycles. The maximum absolute atomic E-state index is 12.2. The van der Waals surface area contributed by atoms with E-state index < -0.39 is 9.84 Å². The van der Waals surface area contributed by atoms with Gasteiger partial charge in [0.2, 0.25) is 0 Å². The molecule has 0 radical (unpaired) electrons. The number of sulfone groups is 1. The summed E-state index contributed by atoms with van der Waals surface area (Å²) in [6, 6.07) is 3.12. The summed E-state index contributed by atoms with van der Waals surface area (Å²) in [7, 11) is -3.34. The lowest BCUT2D eigenvalue weighted by Crippen LogP contribution is -2.26. The van der Waals surface area contributed by atoms with Crippen LogP contribution in [-0.4, -0.2) is 25.9 Å². The molecule has 1 heterocycles. The second kappa shape index (κ2) is 6.89. The Hall–Kier alpha value is -0.100. The van der Waals surface area contributed by atoms with Crippen LogP contribution in [0.5, 0.6) is 0 Å². The third-order valence-electron chi connectivity index (χ3n) is 3.24. The van der Waals surface area contributed by atoms with Gasteiger partial charge < -0.3 is 5.11 Å². The van der Waals surface area contributed by atoms with E-state index in [1.165, 1.54) is 6.07 Å². The van der Waals surface area contributed by atoms with Crippen molar-refractivity contribution in [1.29, 1.82) is 0 Å². The molecule has 6 heteroatoms. The quantitative estimate of drug-likeness (QED) is 0.841. The van der Waals surface area contributed by atoms with Crippen molar-refractivity contribution in [2.24, 2.45) is 11.8 Å². The zero-order chi connectivity index (χ0) is 13.8. The highest BCUT2D eigenvalue weighted by Gasteiger charge is 2.26. The van der Waals surface area contributed by atoms with Gasteiger partial charge in [0, 0.05) is 6.61 Å². The predicted molar refractivity (Wildman–Crippen MR) is 76.0 cm³/mol. The van der Waals surface area contributed by atoms with Gasteiger partial charge >= 0.3 is 0 Å². The van der Waals surface area contributed by atoms with Crippen LogP contribution in [0.15, 0.2) is 16.3 Å². The second-order valence-corrected chi connectivity index (χ2v) is 8.34. The second-order valence-electron chi connectivity index (χ2n) is 4.36. The van der Waals surface area contributed by atoms with Gasteiger partial charge in [-0.2, -0.15) is 0 Å². The van der Waals surface area contributed by atoms with Gasteiger partial charge in [0.1, 0.15) is 4.21 Å². The highest BCUT2D eigenvalue weighted by Crippen LogP contribution is 2.29. The molecule has 18 heavy (non-hydrogen) atoms. The molecule has 1 rings (SSSR count). The Balaban J connectivity index is 2.87. The first-order valence-corrected chi connectivity index (χ1v) is 8.88. The minimum atomic E-state index is -3.34. The molecule has 0 aliphatic heterocycles. The number of aliphatic hydroxyl groups is 1. The third-order valence-corrected chi connectivity index (χ3v) is 6.89. The summed E-state index contributed by atoms with van der Waals surface area (Å²) in [5.41, 5.74) is 0. The van der Waals surface area contributed by atoms with E-state index in [9.17, 15) is 13.5 Å². The topological polar surface area (TPSA) is 54.4 Å². The number of hydrogen-bond acceptors (Lipinski definition) is 4. The Labute approximate surface area is 118 Å². The van der Waals surface area contributed by atoms with E-state index in [1.807, 2.05) is 13.8 Å². The van der Waals surface area contributed by atoms with Gasteiger partial charge in [-0.05, 0) is 24.0 Å². The fourth-order valence-corrected chi connectivity index (χ4v) is 5.40. The van der Waals surface area contributed by atoms with Crippen LogP contribution >= 0.6 is 22.9 Å². The molecule has 0 aliphatic carbocycles. The van der Waals surface area contributed by atoms with Gasteiger partial charge in [-0.3, -0.25) is 0 Å². The molecule has 0 bridgehead atoms. The first-order valence-electron chi connectivity index (χ1n) is 6.03. The standard InChI is InChI=1S/C12H19ClO3S2/c1-3-9(4-2)10(7-14)8-18(15,16)12-6-5-11(13)17-12/h5-6,9-10,14H,3-4,7-8H2,1-2H3/t10-/m0/s1. The van der Waals surface area contributed by atoms with E-state index in [2.05, 4.69) is 0 Å². The highest BCUT2D eigenvalue weighted by molar-refractivity contribution is 7.93. The van der Waals surface area contributed by atoms with Crippen molar-refractivity contribution in [1.82, 2.24) is 0 Å². The molecule has 1 atom stereocenters. The van der Waals surface area contributed by atoms with Crippen molar-refractivity contribution in [3.63, 3.8) is 0 Å². The predicted octanol–water partition coefficient (Wildman–Crippen LogP) is 3.22. The molecular formula is C12H19ClO3S2. The molecule has 0 unspecified atom stereocenters. The molecule has 1 aromatic heterocycles. The maximum atomic E-state index is 12.2. The first-order chi connectivity index (χ1) is 8.44. The Bertz CT molecular complexity index is 463. The molecule has 0 saturated carbocycles. The lowest BCUT2D eigenvalue weighted by Gasteiger charge is -2.22. The SMILES string of the molecule is CCC(CC)[C@@H](CO)CS(=O)(=O)c1ccc(Cl)s1. The summed E-state index contributed by atoms with van der Waals surface area (Å²) in [5.74, 6) is 0.0262. The maximum Gasteiger partial charge on any atom is 0.188 e. The summed E-state index contributed by atoms with van der Waals surface area (Å²) in [6.07, 6.45) is 1.75. The van der Waals surface area contributed by atoms with Crippen molar-refractivity contribution in [3.05, 3.63) is 16.5 Å². The van der Waals surface area contributed by atoms with Gasteiger partial charge in [0.05, 0.1) is 10.1 Å². The lowest BCUT2D eigenvalue weighted by atomic mass is 9.90. The molecular weight excluding hydrogens is 292 g/mol. The molecule has 0 aromatic carbocycles. The van der Waals surface area contributed by atoms with Crippen molar-refractivity contribution in [2.45, 2.75) is 30.9 Å². The van der Waals surface area contributed by atoms with Gasteiger partial charge in [0.15, 0.2) is 9.84 Å². The number of hydrogen-bond donors (Lipinski definition) is 1. The summed E-state index contributed by atoms with van der Waals surface area (Å²) in [5, 5.41) is 9.39. The van der Waals surface area contributed by atoms with Crippen LogP contribution in [0.2, 0.25) is 4.34 Å². The van der Waals surface area contributed by atoms with Gasteiger partial charge in [-0.25, -0.2) is 8.42 Å². The van der Waals surface area contributed by atoms with Crippen LogP contribution in [0.4, 0.5) is 0 Å². The number of halogens is 1. The molecule has 104 valence electrons. The van der Waals surface area contributed by atoms with E-state index in [4.69, 9.17) is 11.6 Å². The Morgan fingerprint density at radius 1 is 1.28 bits per heavy atom. The fourth-order valence-electron chi connectivity index (χ4n) is 2.12. The van der Waals surface area contributed by atoms with Crippen LogP contribution in [-0.2, 0) is 9.84 Å². The van der Waals surface area contributed by atoms with Crippen molar-refractivity contribution in [2.75, 3.05) is 12.4 Å². The van der Waals surface area contributed by atoms with Crippen molar-refractivity contribution >= 4 is 32.8 Å². The average Bonchev–Trinajstić information content (AvgIpc) is 2.76. The summed E-state index contributed by atoms with van der Waals surface area (Å²) in [6.45, 7) is 3.95. The van der Waals surface area contributed by atoms with E-state index in [0.29, 0.717) is 4.34 Å². The van der Waals surface area contributed by atoms with Crippen LogP contribution in [0.1, 0.15) is 26.7 Å². The highest BCUT2D eigenvalue weighted by atomic mass is 35.5. The van der Waals surface area contributed by atoms with E-state index in [0.717, 1.165) is 24.2 Å². The number of aliphatic hydroxyl groups excluding tert-OH is 1. The smallest absolute Gasteiger partial charge is 0.188 e. The van der Waals surface area contributed by atoms with E-state index >= 15 is 0 Å². The van der Waals surface area contributed by atoms with Crippen LogP contribution in [0.3, 0.4) is 0 Å². The van der Waals surface area contributed by atoms with Crippen LogP contribution in [0.25, 0.3) is 0 Å².